The number of carbonyl (C=O) groups is 1. The minimum Gasteiger partial charge on any atom is -0.490 e. The number of aromatic nitrogens is 1. The van der Waals surface area contributed by atoms with Crippen molar-refractivity contribution in [3.63, 3.8) is 0 Å². The highest BCUT2D eigenvalue weighted by molar-refractivity contribution is 6.02. The van der Waals surface area contributed by atoms with Crippen molar-refractivity contribution in [2.75, 3.05) is 6.61 Å². The summed E-state index contributed by atoms with van der Waals surface area (Å²) in [6.07, 6.45) is 0.823. The summed E-state index contributed by atoms with van der Waals surface area (Å²) in [4.78, 5) is 11.8. The highest BCUT2D eigenvalue weighted by atomic mass is 16.5. The van der Waals surface area contributed by atoms with Gasteiger partial charge < -0.3 is 14.4 Å². The van der Waals surface area contributed by atoms with Crippen LogP contribution < -0.4 is 4.74 Å². The van der Waals surface area contributed by atoms with Crippen molar-refractivity contribution < 1.29 is 14.6 Å². The minimum atomic E-state index is -0.994. The molecule has 0 fully saturated rings. The SMILES string of the molecule is CCCOc1c(C(=O)O)n(-c2ccccc2)c2ccccc12. The van der Waals surface area contributed by atoms with E-state index in [0.29, 0.717) is 12.4 Å². The van der Waals surface area contributed by atoms with Crippen molar-refractivity contribution in [3.8, 4) is 11.4 Å². The largest absolute Gasteiger partial charge is 0.490 e. The summed E-state index contributed by atoms with van der Waals surface area (Å²) in [6, 6.07) is 17.1. The number of aromatic carboxylic acids is 1. The van der Waals surface area contributed by atoms with E-state index in [1.165, 1.54) is 0 Å². The van der Waals surface area contributed by atoms with Crippen LogP contribution in [-0.2, 0) is 0 Å². The van der Waals surface area contributed by atoms with Gasteiger partial charge in [-0.25, -0.2) is 4.79 Å². The number of hydrogen-bond acceptors (Lipinski definition) is 2. The molecule has 0 aliphatic heterocycles. The second-order valence-electron chi connectivity index (χ2n) is 5.02. The number of rotatable bonds is 5. The average Bonchev–Trinajstić information content (AvgIpc) is 2.88. The van der Waals surface area contributed by atoms with Crippen molar-refractivity contribution in [2.45, 2.75) is 13.3 Å². The molecule has 2 aromatic carbocycles. The first-order chi connectivity index (χ1) is 10.7. The second kappa shape index (κ2) is 5.93. The fourth-order valence-electron chi connectivity index (χ4n) is 2.60. The summed E-state index contributed by atoms with van der Waals surface area (Å²) in [7, 11) is 0. The molecule has 112 valence electrons. The van der Waals surface area contributed by atoms with Gasteiger partial charge >= 0.3 is 5.97 Å². The van der Waals surface area contributed by atoms with Crippen LogP contribution >= 0.6 is 0 Å². The first-order valence-electron chi connectivity index (χ1n) is 7.29. The van der Waals surface area contributed by atoms with Gasteiger partial charge in [-0.2, -0.15) is 0 Å². The number of carboxylic acids is 1. The molecule has 4 heteroatoms. The van der Waals surface area contributed by atoms with Crippen molar-refractivity contribution in [3.05, 3.63) is 60.3 Å². The zero-order valence-corrected chi connectivity index (χ0v) is 12.3. The van der Waals surface area contributed by atoms with Gasteiger partial charge in [-0.1, -0.05) is 37.3 Å². The van der Waals surface area contributed by atoms with Crippen LogP contribution in [0.3, 0.4) is 0 Å². The van der Waals surface area contributed by atoms with E-state index in [-0.39, 0.29) is 5.69 Å². The summed E-state index contributed by atoms with van der Waals surface area (Å²) >= 11 is 0. The molecule has 0 bridgehead atoms. The third-order valence-electron chi connectivity index (χ3n) is 3.50. The molecule has 0 saturated carbocycles. The Hall–Kier alpha value is -2.75. The minimum absolute atomic E-state index is 0.167. The van der Waals surface area contributed by atoms with Crippen LogP contribution in [0.5, 0.6) is 5.75 Å². The molecule has 3 rings (SSSR count). The van der Waals surface area contributed by atoms with E-state index in [1.54, 1.807) is 4.57 Å². The summed E-state index contributed by atoms with van der Waals surface area (Å²) in [5, 5.41) is 10.5. The maximum absolute atomic E-state index is 11.8. The van der Waals surface area contributed by atoms with Gasteiger partial charge in [0.1, 0.15) is 0 Å². The van der Waals surface area contributed by atoms with E-state index in [9.17, 15) is 9.90 Å². The van der Waals surface area contributed by atoms with Gasteiger partial charge in [-0.05, 0) is 30.7 Å². The zero-order chi connectivity index (χ0) is 15.5. The smallest absolute Gasteiger partial charge is 0.356 e. The van der Waals surface area contributed by atoms with E-state index in [0.717, 1.165) is 23.0 Å². The molecule has 0 spiro atoms. The maximum Gasteiger partial charge on any atom is 0.356 e. The fourth-order valence-corrected chi connectivity index (χ4v) is 2.60. The van der Waals surface area contributed by atoms with Gasteiger partial charge in [0.2, 0.25) is 0 Å². The Labute approximate surface area is 128 Å². The third kappa shape index (κ3) is 2.33. The molecule has 0 unspecified atom stereocenters. The van der Waals surface area contributed by atoms with E-state index >= 15 is 0 Å². The van der Waals surface area contributed by atoms with Gasteiger partial charge in [-0.15, -0.1) is 0 Å². The zero-order valence-electron chi connectivity index (χ0n) is 12.3. The lowest BCUT2D eigenvalue weighted by Crippen LogP contribution is -2.09. The highest BCUT2D eigenvalue weighted by Gasteiger charge is 2.24. The van der Waals surface area contributed by atoms with Gasteiger partial charge in [0.05, 0.1) is 12.1 Å². The lowest BCUT2D eigenvalue weighted by molar-refractivity contribution is 0.0684. The van der Waals surface area contributed by atoms with Crippen molar-refractivity contribution >= 4 is 16.9 Å². The molecule has 1 N–H and O–H groups in total. The number of para-hydroxylation sites is 2. The normalized spacial score (nSPS) is 10.8. The lowest BCUT2D eigenvalue weighted by atomic mass is 10.2. The highest BCUT2D eigenvalue weighted by Crippen LogP contribution is 2.35. The first-order valence-corrected chi connectivity index (χ1v) is 7.29. The quantitative estimate of drug-likeness (QED) is 0.770. The van der Waals surface area contributed by atoms with E-state index in [4.69, 9.17) is 4.74 Å². The van der Waals surface area contributed by atoms with Crippen LogP contribution in [0.2, 0.25) is 0 Å². The molecular weight excluding hydrogens is 278 g/mol. The monoisotopic (exact) mass is 295 g/mol. The van der Waals surface area contributed by atoms with E-state index in [1.807, 2.05) is 61.5 Å². The van der Waals surface area contributed by atoms with Crippen LogP contribution in [0.25, 0.3) is 16.6 Å². The number of benzene rings is 2. The maximum atomic E-state index is 11.8. The second-order valence-corrected chi connectivity index (χ2v) is 5.02. The predicted molar refractivity (Wildman–Crippen MR) is 86.0 cm³/mol. The molecule has 0 amide bonds. The fraction of sp³-hybridized carbons (Fsp3) is 0.167. The summed E-state index contributed by atoms with van der Waals surface area (Å²) in [5.74, 6) is -0.556. The van der Waals surface area contributed by atoms with E-state index in [2.05, 4.69) is 0 Å². The molecule has 0 aliphatic rings. The van der Waals surface area contributed by atoms with Crippen LogP contribution in [0.4, 0.5) is 0 Å². The number of carboxylic acid groups (broad SMARTS) is 1. The van der Waals surface area contributed by atoms with Gasteiger partial charge in [-0.3, -0.25) is 0 Å². The Morgan fingerprint density at radius 1 is 1.09 bits per heavy atom. The summed E-state index contributed by atoms with van der Waals surface area (Å²) in [6.45, 7) is 2.49. The lowest BCUT2D eigenvalue weighted by Gasteiger charge is -2.09. The Bertz CT molecular complexity index is 806. The molecule has 0 aliphatic carbocycles. The number of hydrogen-bond donors (Lipinski definition) is 1. The Kier molecular flexibility index (Phi) is 3.83. The Balaban J connectivity index is 2.34. The molecule has 1 aromatic heterocycles. The third-order valence-corrected chi connectivity index (χ3v) is 3.50. The molecule has 22 heavy (non-hydrogen) atoms. The number of fused-ring (bicyclic) bond motifs is 1. The molecule has 0 saturated heterocycles. The predicted octanol–water partition coefficient (Wildman–Crippen LogP) is 4.12. The van der Waals surface area contributed by atoms with Gasteiger partial charge in [0.25, 0.3) is 0 Å². The van der Waals surface area contributed by atoms with Crippen molar-refractivity contribution in [2.24, 2.45) is 0 Å². The van der Waals surface area contributed by atoms with Gasteiger partial charge in [0, 0.05) is 11.1 Å². The molecule has 1 heterocycles. The molecular formula is C18H17NO3. The Morgan fingerprint density at radius 2 is 1.77 bits per heavy atom. The first kappa shape index (κ1) is 14.2. The van der Waals surface area contributed by atoms with E-state index < -0.39 is 5.97 Å². The van der Waals surface area contributed by atoms with Crippen LogP contribution in [0.1, 0.15) is 23.8 Å². The Morgan fingerprint density at radius 3 is 2.45 bits per heavy atom. The number of ether oxygens (including phenoxy) is 1. The average molecular weight is 295 g/mol. The van der Waals surface area contributed by atoms with Gasteiger partial charge in [0.15, 0.2) is 11.4 Å². The molecule has 0 atom stereocenters. The van der Waals surface area contributed by atoms with Crippen LogP contribution in [-0.4, -0.2) is 22.2 Å². The van der Waals surface area contributed by atoms with Crippen LogP contribution in [0.15, 0.2) is 54.6 Å². The molecule has 4 nitrogen and oxygen atoms in total. The molecule has 0 radical (unpaired) electrons. The van der Waals surface area contributed by atoms with Crippen molar-refractivity contribution in [1.82, 2.24) is 4.57 Å². The van der Waals surface area contributed by atoms with Crippen LogP contribution in [0, 0.1) is 0 Å². The standard InChI is InChI=1S/C18H17NO3/c1-2-12-22-17-14-10-6-7-11-15(14)19(16(17)18(20)21)13-8-4-3-5-9-13/h3-11H,2,12H2,1H3,(H,20,21). The van der Waals surface area contributed by atoms with Crippen molar-refractivity contribution in [1.29, 1.82) is 0 Å². The molecule has 3 aromatic rings. The summed E-state index contributed by atoms with van der Waals surface area (Å²) < 4.78 is 7.50. The number of nitrogens with zero attached hydrogens (tertiary/aromatic N) is 1. The summed E-state index contributed by atoms with van der Waals surface area (Å²) in [5.41, 5.74) is 1.81. The topological polar surface area (TPSA) is 51.5 Å².